The quantitative estimate of drug-likeness (QED) is 0.728. The first-order valence-electron chi connectivity index (χ1n) is 8.82. The highest BCUT2D eigenvalue weighted by molar-refractivity contribution is 6.31. The van der Waals surface area contributed by atoms with Crippen LogP contribution in [0, 0.1) is 0 Å². The molecule has 1 N–H and O–H groups in total. The van der Waals surface area contributed by atoms with Crippen LogP contribution in [0.4, 0.5) is 0 Å². The number of likely N-dealkylation sites (tertiary alicyclic amines) is 1. The first-order chi connectivity index (χ1) is 13.1. The second-order valence-corrected chi connectivity index (χ2v) is 7.06. The summed E-state index contributed by atoms with van der Waals surface area (Å²) in [6.45, 7) is 0.546. The topological polar surface area (TPSA) is 71.2 Å². The van der Waals surface area contributed by atoms with Gasteiger partial charge in [0.25, 0.3) is 0 Å². The van der Waals surface area contributed by atoms with Crippen molar-refractivity contribution in [2.45, 2.75) is 31.5 Å². The summed E-state index contributed by atoms with van der Waals surface area (Å²) in [5.74, 6) is -0.788. The average molecular weight is 383 g/mol. The predicted molar refractivity (Wildman–Crippen MR) is 102 cm³/mol. The molecule has 1 aliphatic rings. The molecule has 0 aliphatic carbocycles. The lowest BCUT2D eigenvalue weighted by atomic mass is 10.0. The molecule has 0 bridgehead atoms. The van der Waals surface area contributed by atoms with Crippen LogP contribution >= 0.6 is 11.6 Å². The highest BCUT2D eigenvalue weighted by atomic mass is 35.5. The Labute approximate surface area is 162 Å². The van der Waals surface area contributed by atoms with Gasteiger partial charge < -0.3 is 5.11 Å². The molecule has 0 radical (unpaired) electrons. The minimum Gasteiger partial charge on any atom is -0.480 e. The summed E-state index contributed by atoms with van der Waals surface area (Å²) < 4.78 is 1.69. The van der Waals surface area contributed by atoms with Crippen molar-refractivity contribution in [3.8, 4) is 5.69 Å². The van der Waals surface area contributed by atoms with Crippen LogP contribution in [0.25, 0.3) is 5.69 Å². The van der Waals surface area contributed by atoms with E-state index in [1.807, 2.05) is 53.4 Å². The lowest BCUT2D eigenvalue weighted by Crippen LogP contribution is -2.37. The maximum Gasteiger partial charge on any atom is 0.320 e. The molecule has 0 amide bonds. The molecule has 2 aromatic carbocycles. The van der Waals surface area contributed by atoms with E-state index in [0.29, 0.717) is 18.0 Å². The van der Waals surface area contributed by atoms with Crippen LogP contribution in [0.3, 0.4) is 0 Å². The van der Waals surface area contributed by atoms with Crippen LogP contribution in [-0.4, -0.2) is 37.0 Å². The van der Waals surface area contributed by atoms with Gasteiger partial charge in [0.1, 0.15) is 6.04 Å². The van der Waals surface area contributed by atoms with Gasteiger partial charge in [0, 0.05) is 17.6 Å². The van der Waals surface area contributed by atoms with Crippen molar-refractivity contribution in [1.29, 1.82) is 0 Å². The van der Waals surface area contributed by atoms with Gasteiger partial charge in [-0.05, 0) is 42.2 Å². The normalized spacial score (nSPS) is 20.0. The van der Waals surface area contributed by atoms with E-state index in [9.17, 15) is 9.90 Å². The molecule has 2 heterocycles. The zero-order chi connectivity index (χ0) is 18.8. The number of nitrogens with zero attached hydrogens (tertiary/aromatic N) is 4. The Morgan fingerprint density at radius 2 is 1.93 bits per heavy atom. The molecule has 0 spiro atoms. The molecule has 0 saturated carbocycles. The standard InChI is InChI=1S/C20H19ClN4O2/c21-17-4-2-1-3-16(17)18-9-10-19(20(26)27)24(18)13-14-5-7-15(8-6-14)25-12-11-22-23-25/h1-8,11-12,18-19H,9-10,13H2,(H,26,27)/t18-,19+/m1/s1. The van der Waals surface area contributed by atoms with E-state index < -0.39 is 12.0 Å². The largest absolute Gasteiger partial charge is 0.480 e. The van der Waals surface area contributed by atoms with E-state index in [4.69, 9.17) is 11.6 Å². The molecule has 7 heteroatoms. The molecule has 2 atom stereocenters. The van der Waals surface area contributed by atoms with Gasteiger partial charge in [-0.25, -0.2) is 4.68 Å². The molecule has 27 heavy (non-hydrogen) atoms. The van der Waals surface area contributed by atoms with E-state index in [0.717, 1.165) is 23.2 Å². The Bertz CT molecular complexity index is 927. The van der Waals surface area contributed by atoms with Gasteiger partial charge in [0.15, 0.2) is 0 Å². The number of carboxylic acid groups (broad SMARTS) is 1. The van der Waals surface area contributed by atoms with Crippen LogP contribution < -0.4 is 0 Å². The molecule has 1 fully saturated rings. The van der Waals surface area contributed by atoms with Gasteiger partial charge >= 0.3 is 5.97 Å². The number of benzene rings is 2. The number of hydrogen-bond acceptors (Lipinski definition) is 4. The van der Waals surface area contributed by atoms with Gasteiger partial charge in [0.05, 0.1) is 18.1 Å². The molecular weight excluding hydrogens is 364 g/mol. The van der Waals surface area contributed by atoms with Crippen molar-refractivity contribution in [3.05, 3.63) is 77.1 Å². The number of aromatic nitrogens is 3. The summed E-state index contributed by atoms with van der Waals surface area (Å²) in [4.78, 5) is 13.8. The molecule has 6 nitrogen and oxygen atoms in total. The van der Waals surface area contributed by atoms with Gasteiger partial charge in [0.2, 0.25) is 0 Å². The summed E-state index contributed by atoms with van der Waals surface area (Å²) >= 11 is 6.39. The van der Waals surface area contributed by atoms with Crippen LogP contribution in [0.1, 0.15) is 30.0 Å². The van der Waals surface area contributed by atoms with Gasteiger partial charge in [-0.3, -0.25) is 9.69 Å². The monoisotopic (exact) mass is 382 g/mol. The zero-order valence-corrected chi connectivity index (χ0v) is 15.3. The third-order valence-corrected chi connectivity index (χ3v) is 5.40. The first kappa shape index (κ1) is 17.7. The summed E-state index contributed by atoms with van der Waals surface area (Å²) in [6, 6.07) is 15.1. The van der Waals surface area contributed by atoms with E-state index in [2.05, 4.69) is 10.3 Å². The van der Waals surface area contributed by atoms with Gasteiger partial charge in [-0.1, -0.05) is 47.1 Å². The van der Waals surface area contributed by atoms with E-state index in [1.54, 1.807) is 17.1 Å². The summed E-state index contributed by atoms with van der Waals surface area (Å²) in [5.41, 5.74) is 2.95. The second-order valence-electron chi connectivity index (χ2n) is 6.66. The van der Waals surface area contributed by atoms with Gasteiger partial charge in [-0.15, -0.1) is 5.10 Å². The van der Waals surface area contributed by atoms with Crippen molar-refractivity contribution in [3.63, 3.8) is 0 Å². The molecule has 1 aromatic heterocycles. The maximum atomic E-state index is 11.8. The predicted octanol–water partition coefficient (Wildman–Crippen LogP) is 3.71. The second kappa shape index (κ2) is 7.50. The highest BCUT2D eigenvalue weighted by Crippen LogP contribution is 2.40. The summed E-state index contributed by atoms with van der Waals surface area (Å²) in [7, 11) is 0. The Morgan fingerprint density at radius 1 is 1.15 bits per heavy atom. The number of rotatable bonds is 5. The minimum atomic E-state index is -0.788. The van der Waals surface area contributed by atoms with Crippen molar-refractivity contribution < 1.29 is 9.90 Å². The summed E-state index contributed by atoms with van der Waals surface area (Å²) in [6.07, 6.45) is 4.80. The first-order valence-corrected chi connectivity index (χ1v) is 9.20. The van der Waals surface area contributed by atoms with E-state index in [1.165, 1.54) is 0 Å². The lowest BCUT2D eigenvalue weighted by molar-refractivity contribution is -0.142. The fourth-order valence-electron chi connectivity index (χ4n) is 3.74. The maximum absolute atomic E-state index is 11.8. The SMILES string of the molecule is O=C(O)[C@@H]1CC[C@H](c2ccccc2Cl)N1Cc1ccc(-n2ccnn2)cc1. The zero-order valence-electron chi connectivity index (χ0n) is 14.6. The van der Waals surface area contributed by atoms with Crippen molar-refractivity contribution in [1.82, 2.24) is 19.9 Å². The highest BCUT2D eigenvalue weighted by Gasteiger charge is 2.39. The fourth-order valence-corrected chi connectivity index (χ4v) is 4.00. The fraction of sp³-hybridized carbons (Fsp3) is 0.250. The smallest absolute Gasteiger partial charge is 0.320 e. The molecule has 3 aromatic rings. The molecule has 4 rings (SSSR count). The average Bonchev–Trinajstić information content (AvgIpc) is 3.33. The third kappa shape index (κ3) is 3.59. The Morgan fingerprint density at radius 3 is 2.59 bits per heavy atom. The lowest BCUT2D eigenvalue weighted by Gasteiger charge is -2.29. The van der Waals surface area contributed by atoms with Crippen molar-refractivity contribution in [2.75, 3.05) is 0 Å². The van der Waals surface area contributed by atoms with Gasteiger partial charge in [-0.2, -0.15) is 0 Å². The van der Waals surface area contributed by atoms with Crippen LogP contribution in [0.15, 0.2) is 60.9 Å². The number of halogens is 1. The Kier molecular flexibility index (Phi) is 4.92. The van der Waals surface area contributed by atoms with Crippen LogP contribution in [-0.2, 0) is 11.3 Å². The minimum absolute atomic E-state index is 0.00482. The molecule has 1 saturated heterocycles. The molecule has 1 aliphatic heterocycles. The molecule has 138 valence electrons. The number of carboxylic acids is 1. The Balaban J connectivity index is 1.60. The third-order valence-electron chi connectivity index (χ3n) is 5.05. The van der Waals surface area contributed by atoms with Crippen LogP contribution in [0.5, 0.6) is 0 Å². The van der Waals surface area contributed by atoms with E-state index >= 15 is 0 Å². The molecule has 0 unspecified atom stereocenters. The van der Waals surface area contributed by atoms with Crippen molar-refractivity contribution >= 4 is 17.6 Å². The number of aliphatic carboxylic acids is 1. The van der Waals surface area contributed by atoms with Crippen molar-refractivity contribution in [2.24, 2.45) is 0 Å². The summed E-state index contributed by atoms with van der Waals surface area (Å²) in [5, 5.41) is 18.1. The molecular formula is C20H19ClN4O2. The number of hydrogen-bond donors (Lipinski definition) is 1. The Hall–Kier alpha value is -2.70. The number of carbonyl (C=O) groups is 1. The van der Waals surface area contributed by atoms with E-state index in [-0.39, 0.29) is 6.04 Å². The van der Waals surface area contributed by atoms with Crippen LogP contribution in [0.2, 0.25) is 5.02 Å².